The molecule has 0 aliphatic carbocycles. The van der Waals surface area contributed by atoms with Gasteiger partial charge in [-0.05, 0) is 48.7 Å². The van der Waals surface area contributed by atoms with Gasteiger partial charge < -0.3 is 15.0 Å². The molecule has 0 atom stereocenters. The Hall–Kier alpha value is -3.08. The summed E-state index contributed by atoms with van der Waals surface area (Å²) in [4.78, 5) is 27.1. The van der Waals surface area contributed by atoms with Crippen molar-refractivity contribution in [1.29, 1.82) is 0 Å². The third-order valence-corrected chi connectivity index (χ3v) is 3.88. The van der Waals surface area contributed by atoms with E-state index in [0.29, 0.717) is 5.69 Å². The predicted molar refractivity (Wildman–Crippen MR) is 97.5 cm³/mol. The molecule has 0 spiro atoms. The van der Waals surface area contributed by atoms with Crippen LogP contribution < -0.4 is 5.32 Å². The summed E-state index contributed by atoms with van der Waals surface area (Å²) in [6.45, 7) is 3.63. The maximum absolute atomic E-state index is 12.0. The summed E-state index contributed by atoms with van der Waals surface area (Å²) in [5, 5.41) is 3.73. The zero-order valence-electron chi connectivity index (χ0n) is 14.3. The van der Waals surface area contributed by atoms with Gasteiger partial charge in [-0.15, -0.1) is 0 Å². The number of nitrogens with one attached hydrogen (secondary N) is 2. The highest BCUT2D eigenvalue weighted by Crippen LogP contribution is 2.18. The minimum absolute atomic E-state index is 0.126. The number of rotatable bonds is 5. The van der Waals surface area contributed by atoms with Crippen LogP contribution in [0.1, 0.15) is 16.7 Å². The second-order valence-corrected chi connectivity index (χ2v) is 6.12. The maximum atomic E-state index is 12.0. The van der Waals surface area contributed by atoms with E-state index in [4.69, 9.17) is 4.74 Å². The largest absolute Gasteiger partial charge is 0.455 e. The monoisotopic (exact) mass is 336 g/mol. The van der Waals surface area contributed by atoms with Crippen LogP contribution in [0.5, 0.6) is 0 Å². The molecule has 2 aromatic carbocycles. The Labute approximate surface area is 146 Å². The van der Waals surface area contributed by atoms with Gasteiger partial charge in [-0.1, -0.05) is 24.3 Å². The van der Waals surface area contributed by atoms with Crippen molar-refractivity contribution in [1.82, 2.24) is 4.98 Å². The van der Waals surface area contributed by atoms with Crippen LogP contribution in [0.4, 0.5) is 5.69 Å². The second kappa shape index (κ2) is 7.21. The van der Waals surface area contributed by atoms with Crippen LogP contribution >= 0.6 is 0 Å². The van der Waals surface area contributed by atoms with Crippen molar-refractivity contribution in [2.45, 2.75) is 20.3 Å². The van der Waals surface area contributed by atoms with E-state index in [0.717, 1.165) is 27.6 Å². The fourth-order valence-electron chi connectivity index (χ4n) is 2.87. The van der Waals surface area contributed by atoms with Crippen LogP contribution in [0.25, 0.3) is 10.9 Å². The van der Waals surface area contributed by atoms with Crippen LogP contribution in [-0.2, 0) is 20.7 Å². The standard InChI is InChI=1S/C20H20N2O3/c1-13-7-14(2)9-16(8-13)22-19(23)12-25-20(24)10-15-11-21-18-6-4-3-5-17(15)18/h3-9,11,21H,10,12H2,1-2H3,(H,22,23). The summed E-state index contributed by atoms with van der Waals surface area (Å²) < 4.78 is 5.09. The zero-order valence-corrected chi connectivity index (χ0v) is 14.3. The number of anilines is 1. The Morgan fingerprint density at radius 3 is 2.56 bits per heavy atom. The zero-order chi connectivity index (χ0) is 17.8. The third-order valence-electron chi connectivity index (χ3n) is 3.88. The summed E-state index contributed by atoms with van der Waals surface area (Å²) in [5.41, 5.74) is 4.65. The van der Waals surface area contributed by atoms with Crippen LogP contribution in [-0.4, -0.2) is 23.5 Å². The van der Waals surface area contributed by atoms with E-state index in [2.05, 4.69) is 10.3 Å². The molecule has 0 unspecified atom stereocenters. The average molecular weight is 336 g/mol. The van der Waals surface area contributed by atoms with E-state index >= 15 is 0 Å². The molecule has 1 amide bonds. The smallest absolute Gasteiger partial charge is 0.310 e. The third kappa shape index (κ3) is 4.26. The Morgan fingerprint density at radius 2 is 1.80 bits per heavy atom. The average Bonchev–Trinajstić information content (AvgIpc) is 2.95. The Kier molecular flexibility index (Phi) is 4.84. The molecule has 0 saturated carbocycles. The molecule has 1 heterocycles. The number of ether oxygens (including phenoxy) is 1. The molecule has 2 N–H and O–H groups in total. The van der Waals surface area contributed by atoms with Gasteiger partial charge in [-0.25, -0.2) is 0 Å². The maximum Gasteiger partial charge on any atom is 0.310 e. The lowest BCUT2D eigenvalue weighted by atomic mass is 10.1. The minimum atomic E-state index is -0.430. The van der Waals surface area contributed by atoms with Gasteiger partial charge in [0.2, 0.25) is 0 Å². The fourth-order valence-corrected chi connectivity index (χ4v) is 2.87. The van der Waals surface area contributed by atoms with Crippen molar-refractivity contribution in [3.05, 3.63) is 65.4 Å². The first-order chi connectivity index (χ1) is 12.0. The molecule has 0 bridgehead atoms. The number of H-pyrrole nitrogens is 1. The number of carbonyl (C=O) groups is 2. The number of para-hydroxylation sites is 1. The molecule has 0 aliphatic rings. The molecule has 3 aromatic rings. The van der Waals surface area contributed by atoms with E-state index < -0.39 is 5.97 Å². The predicted octanol–water partition coefficient (Wildman–Crippen LogP) is 3.51. The highest BCUT2D eigenvalue weighted by Gasteiger charge is 2.12. The topological polar surface area (TPSA) is 71.2 Å². The van der Waals surface area contributed by atoms with Gasteiger partial charge >= 0.3 is 5.97 Å². The lowest BCUT2D eigenvalue weighted by Crippen LogP contribution is -2.21. The number of aryl methyl sites for hydroxylation is 2. The van der Waals surface area contributed by atoms with E-state index in [9.17, 15) is 9.59 Å². The molecule has 5 heteroatoms. The summed E-state index contributed by atoms with van der Waals surface area (Å²) >= 11 is 0. The van der Waals surface area contributed by atoms with Gasteiger partial charge in [0.05, 0.1) is 6.42 Å². The van der Waals surface area contributed by atoms with Crippen molar-refractivity contribution in [3.8, 4) is 0 Å². The first kappa shape index (κ1) is 16.8. The van der Waals surface area contributed by atoms with Crippen molar-refractivity contribution >= 4 is 28.5 Å². The molecule has 3 rings (SSSR count). The Morgan fingerprint density at radius 1 is 1.08 bits per heavy atom. The van der Waals surface area contributed by atoms with Gasteiger partial charge in [0.1, 0.15) is 0 Å². The first-order valence-electron chi connectivity index (χ1n) is 8.10. The van der Waals surface area contributed by atoms with Crippen LogP contribution in [0.15, 0.2) is 48.7 Å². The number of carbonyl (C=O) groups excluding carboxylic acids is 2. The summed E-state index contributed by atoms with van der Waals surface area (Å²) in [5.74, 6) is -0.780. The lowest BCUT2D eigenvalue weighted by molar-refractivity contribution is -0.146. The van der Waals surface area contributed by atoms with E-state index in [1.165, 1.54) is 0 Å². The molecule has 25 heavy (non-hydrogen) atoms. The summed E-state index contributed by atoms with van der Waals surface area (Å²) in [6.07, 6.45) is 1.92. The van der Waals surface area contributed by atoms with Crippen LogP contribution in [0.3, 0.4) is 0 Å². The molecule has 5 nitrogen and oxygen atoms in total. The number of amides is 1. The molecule has 0 aliphatic heterocycles. The van der Waals surface area contributed by atoms with Crippen molar-refractivity contribution in [3.63, 3.8) is 0 Å². The first-order valence-corrected chi connectivity index (χ1v) is 8.10. The van der Waals surface area contributed by atoms with Crippen LogP contribution in [0, 0.1) is 13.8 Å². The minimum Gasteiger partial charge on any atom is -0.455 e. The molecule has 0 saturated heterocycles. The molecule has 1 aromatic heterocycles. The highest BCUT2D eigenvalue weighted by molar-refractivity contribution is 5.93. The molecule has 128 valence electrons. The molecular weight excluding hydrogens is 316 g/mol. The summed E-state index contributed by atoms with van der Waals surface area (Å²) in [7, 11) is 0. The molecular formula is C20H20N2O3. The lowest BCUT2D eigenvalue weighted by Gasteiger charge is -2.08. The SMILES string of the molecule is Cc1cc(C)cc(NC(=O)COC(=O)Cc2c[nH]c3ccccc23)c1. The van der Waals surface area contributed by atoms with Crippen molar-refractivity contribution in [2.24, 2.45) is 0 Å². The van der Waals surface area contributed by atoms with E-state index in [1.54, 1.807) is 6.20 Å². The van der Waals surface area contributed by atoms with E-state index in [1.807, 2.05) is 56.3 Å². The Balaban J connectivity index is 1.54. The number of esters is 1. The molecule has 0 fully saturated rings. The van der Waals surface area contributed by atoms with Crippen molar-refractivity contribution in [2.75, 3.05) is 11.9 Å². The highest BCUT2D eigenvalue weighted by atomic mass is 16.5. The van der Waals surface area contributed by atoms with Gasteiger partial charge in [-0.3, -0.25) is 9.59 Å². The van der Waals surface area contributed by atoms with Gasteiger partial charge in [0.25, 0.3) is 5.91 Å². The number of aromatic nitrogens is 1. The normalized spacial score (nSPS) is 10.6. The number of hydrogen-bond acceptors (Lipinski definition) is 3. The van der Waals surface area contributed by atoms with Gasteiger partial charge in [0.15, 0.2) is 6.61 Å². The van der Waals surface area contributed by atoms with Gasteiger partial charge in [-0.2, -0.15) is 0 Å². The summed E-state index contributed by atoms with van der Waals surface area (Å²) in [6, 6.07) is 13.5. The number of hydrogen-bond donors (Lipinski definition) is 2. The number of fused-ring (bicyclic) bond motifs is 1. The quantitative estimate of drug-likeness (QED) is 0.701. The van der Waals surface area contributed by atoms with E-state index in [-0.39, 0.29) is 18.9 Å². The van der Waals surface area contributed by atoms with Crippen LogP contribution in [0.2, 0.25) is 0 Å². The number of benzene rings is 2. The van der Waals surface area contributed by atoms with Crippen molar-refractivity contribution < 1.29 is 14.3 Å². The number of aromatic amines is 1. The van der Waals surface area contributed by atoms with Gasteiger partial charge in [0, 0.05) is 22.8 Å². The fraction of sp³-hybridized carbons (Fsp3) is 0.200. The Bertz CT molecular complexity index is 907. The molecule has 0 radical (unpaired) electrons. The second-order valence-electron chi connectivity index (χ2n) is 6.12.